The molecular weight excluding hydrogens is 239 g/mol. The first-order valence-corrected chi connectivity index (χ1v) is 5.55. The van der Waals surface area contributed by atoms with Gasteiger partial charge in [0.15, 0.2) is 0 Å². The molecule has 0 bridgehead atoms. The smallest absolute Gasteiger partial charge is 0.337 e. The molecule has 1 amide bonds. The van der Waals surface area contributed by atoms with Crippen LogP contribution in [0.15, 0.2) is 18.2 Å². The van der Waals surface area contributed by atoms with Crippen LogP contribution < -0.4 is 11.1 Å². The Morgan fingerprint density at radius 2 is 2.06 bits per heavy atom. The van der Waals surface area contributed by atoms with Gasteiger partial charge in [-0.15, -0.1) is 0 Å². The van der Waals surface area contributed by atoms with Crippen molar-refractivity contribution in [3.05, 3.63) is 29.6 Å². The summed E-state index contributed by atoms with van der Waals surface area (Å²) < 4.78 is 13.1. The van der Waals surface area contributed by atoms with Crippen molar-refractivity contribution in [2.45, 2.75) is 24.8 Å². The number of carboxylic acid groups (broad SMARTS) is 1. The van der Waals surface area contributed by atoms with Gasteiger partial charge in [-0.05, 0) is 37.5 Å². The van der Waals surface area contributed by atoms with Crippen molar-refractivity contribution in [3.8, 4) is 0 Å². The van der Waals surface area contributed by atoms with E-state index in [4.69, 9.17) is 10.8 Å². The second-order valence-electron chi connectivity index (χ2n) is 4.46. The number of nitrogens with one attached hydrogen (secondary N) is 1. The van der Waals surface area contributed by atoms with Crippen molar-refractivity contribution < 1.29 is 19.1 Å². The molecule has 1 fully saturated rings. The zero-order chi connectivity index (χ0) is 13.3. The largest absolute Gasteiger partial charge is 0.478 e. The van der Waals surface area contributed by atoms with Crippen LogP contribution in [0, 0.1) is 5.82 Å². The molecule has 1 aromatic rings. The van der Waals surface area contributed by atoms with Gasteiger partial charge in [0.25, 0.3) is 0 Å². The highest BCUT2D eigenvalue weighted by Gasteiger charge is 2.40. The van der Waals surface area contributed by atoms with E-state index in [1.807, 2.05) is 0 Å². The first-order chi connectivity index (χ1) is 8.42. The molecule has 0 unspecified atom stereocenters. The lowest BCUT2D eigenvalue weighted by atomic mass is 9.77. The summed E-state index contributed by atoms with van der Waals surface area (Å²) in [6.07, 6.45) is 1.96. The van der Waals surface area contributed by atoms with Gasteiger partial charge in [0.05, 0.1) is 16.8 Å². The third-order valence-electron chi connectivity index (χ3n) is 3.16. The fraction of sp³-hybridized carbons (Fsp3) is 0.333. The maximum atomic E-state index is 13.1. The van der Waals surface area contributed by atoms with Crippen LogP contribution in [-0.2, 0) is 4.79 Å². The van der Waals surface area contributed by atoms with Gasteiger partial charge < -0.3 is 16.2 Å². The monoisotopic (exact) mass is 252 g/mol. The van der Waals surface area contributed by atoms with Crippen molar-refractivity contribution in [1.29, 1.82) is 0 Å². The number of halogens is 1. The van der Waals surface area contributed by atoms with E-state index in [0.717, 1.165) is 24.6 Å². The van der Waals surface area contributed by atoms with E-state index in [9.17, 15) is 14.0 Å². The number of anilines is 1. The number of carbonyl (C=O) groups excluding carboxylic acids is 1. The van der Waals surface area contributed by atoms with Crippen molar-refractivity contribution in [2.75, 3.05) is 5.32 Å². The Bertz CT molecular complexity index is 512. The summed E-state index contributed by atoms with van der Waals surface area (Å²) in [7, 11) is 0. The molecule has 0 atom stereocenters. The third kappa shape index (κ3) is 2.19. The zero-order valence-corrected chi connectivity index (χ0v) is 9.57. The van der Waals surface area contributed by atoms with Crippen molar-refractivity contribution in [3.63, 3.8) is 0 Å². The SMILES string of the molecule is NC1(C(=O)Nc2cc(F)ccc2C(=O)O)CCC1. The predicted molar refractivity (Wildman–Crippen MR) is 62.8 cm³/mol. The van der Waals surface area contributed by atoms with Gasteiger partial charge in [0, 0.05) is 0 Å². The second kappa shape index (κ2) is 4.38. The second-order valence-corrected chi connectivity index (χ2v) is 4.46. The molecule has 0 heterocycles. The lowest BCUT2D eigenvalue weighted by molar-refractivity contribution is -0.123. The van der Waals surface area contributed by atoms with E-state index in [2.05, 4.69) is 5.32 Å². The molecule has 0 saturated heterocycles. The summed E-state index contributed by atoms with van der Waals surface area (Å²) in [5.41, 5.74) is 4.62. The number of rotatable bonds is 3. The number of hydrogen-bond acceptors (Lipinski definition) is 3. The molecule has 0 radical (unpaired) electrons. The summed E-state index contributed by atoms with van der Waals surface area (Å²) in [6.45, 7) is 0. The number of aromatic carboxylic acids is 1. The first kappa shape index (κ1) is 12.5. The van der Waals surface area contributed by atoms with E-state index in [0.29, 0.717) is 12.8 Å². The quantitative estimate of drug-likeness (QED) is 0.757. The molecule has 18 heavy (non-hydrogen) atoms. The van der Waals surface area contributed by atoms with Crippen LogP contribution in [0.4, 0.5) is 10.1 Å². The van der Waals surface area contributed by atoms with E-state index < -0.39 is 23.2 Å². The Balaban J connectivity index is 2.25. The van der Waals surface area contributed by atoms with Crippen molar-refractivity contribution in [1.82, 2.24) is 0 Å². The standard InChI is InChI=1S/C12H13FN2O3/c13-7-2-3-8(10(16)17)9(6-7)15-11(18)12(14)4-1-5-12/h2-3,6H,1,4-5,14H2,(H,15,18)(H,16,17). The fourth-order valence-corrected chi connectivity index (χ4v) is 1.84. The number of carboxylic acids is 1. The molecule has 0 spiro atoms. The summed E-state index contributed by atoms with van der Waals surface area (Å²) in [6, 6.07) is 3.11. The van der Waals surface area contributed by atoms with Crippen molar-refractivity contribution in [2.24, 2.45) is 5.73 Å². The number of benzene rings is 1. The minimum Gasteiger partial charge on any atom is -0.478 e. The Hall–Kier alpha value is -1.95. The Morgan fingerprint density at radius 1 is 1.39 bits per heavy atom. The van der Waals surface area contributed by atoms with Gasteiger partial charge in [-0.2, -0.15) is 0 Å². The van der Waals surface area contributed by atoms with Gasteiger partial charge in [-0.25, -0.2) is 9.18 Å². The van der Waals surface area contributed by atoms with E-state index in [1.165, 1.54) is 0 Å². The minimum atomic E-state index is -1.23. The maximum Gasteiger partial charge on any atom is 0.337 e. The molecule has 0 aromatic heterocycles. The van der Waals surface area contributed by atoms with Crippen molar-refractivity contribution >= 4 is 17.6 Å². The number of amides is 1. The van der Waals surface area contributed by atoms with Crippen LogP contribution in [0.3, 0.4) is 0 Å². The Labute approximate surface area is 103 Å². The molecule has 1 aliphatic carbocycles. The molecule has 1 aromatic carbocycles. The highest BCUT2D eigenvalue weighted by molar-refractivity contribution is 6.04. The molecule has 5 nitrogen and oxygen atoms in total. The van der Waals surface area contributed by atoms with E-state index in [-0.39, 0.29) is 11.3 Å². The number of carbonyl (C=O) groups is 2. The minimum absolute atomic E-state index is 0.0655. The lowest BCUT2D eigenvalue weighted by Gasteiger charge is -2.36. The molecule has 4 N–H and O–H groups in total. The average molecular weight is 252 g/mol. The Kier molecular flexibility index (Phi) is 3.04. The summed E-state index contributed by atoms with van der Waals surface area (Å²) in [4.78, 5) is 22.8. The molecule has 6 heteroatoms. The molecular formula is C12H13FN2O3. The van der Waals surface area contributed by atoms with Crippen LogP contribution in [-0.4, -0.2) is 22.5 Å². The van der Waals surface area contributed by atoms with Gasteiger partial charge in [-0.3, -0.25) is 4.79 Å². The predicted octanol–water partition coefficient (Wildman–Crippen LogP) is 1.34. The first-order valence-electron chi connectivity index (χ1n) is 5.55. The molecule has 96 valence electrons. The number of hydrogen-bond donors (Lipinski definition) is 3. The highest BCUT2D eigenvalue weighted by Crippen LogP contribution is 2.30. The third-order valence-corrected chi connectivity index (χ3v) is 3.16. The number of nitrogens with two attached hydrogens (primary N) is 1. The molecule has 0 aliphatic heterocycles. The summed E-state index contributed by atoms with van der Waals surface area (Å²) in [5.74, 6) is -2.32. The molecule has 1 saturated carbocycles. The van der Waals surface area contributed by atoms with Crippen LogP contribution >= 0.6 is 0 Å². The van der Waals surface area contributed by atoms with Gasteiger partial charge >= 0.3 is 5.97 Å². The molecule has 2 rings (SSSR count). The normalized spacial score (nSPS) is 16.8. The highest BCUT2D eigenvalue weighted by atomic mass is 19.1. The van der Waals surface area contributed by atoms with Gasteiger partial charge in [0.1, 0.15) is 5.82 Å². The van der Waals surface area contributed by atoms with Gasteiger partial charge in [-0.1, -0.05) is 0 Å². The average Bonchev–Trinajstić information content (AvgIpc) is 2.25. The lowest BCUT2D eigenvalue weighted by Crippen LogP contribution is -2.56. The summed E-state index contributed by atoms with van der Waals surface area (Å²) in [5, 5.41) is 11.3. The van der Waals surface area contributed by atoms with Crippen LogP contribution in [0.1, 0.15) is 29.6 Å². The Morgan fingerprint density at radius 3 is 2.56 bits per heavy atom. The van der Waals surface area contributed by atoms with Gasteiger partial charge in [0.2, 0.25) is 5.91 Å². The van der Waals surface area contributed by atoms with Crippen LogP contribution in [0.5, 0.6) is 0 Å². The van der Waals surface area contributed by atoms with E-state index in [1.54, 1.807) is 0 Å². The van der Waals surface area contributed by atoms with Crippen LogP contribution in [0.25, 0.3) is 0 Å². The van der Waals surface area contributed by atoms with Crippen LogP contribution in [0.2, 0.25) is 0 Å². The van der Waals surface area contributed by atoms with E-state index >= 15 is 0 Å². The summed E-state index contributed by atoms with van der Waals surface area (Å²) >= 11 is 0. The topological polar surface area (TPSA) is 92.4 Å². The molecule has 1 aliphatic rings. The fourth-order valence-electron chi connectivity index (χ4n) is 1.84. The maximum absolute atomic E-state index is 13.1. The zero-order valence-electron chi connectivity index (χ0n) is 9.57.